The number of hydrogen-bond donors (Lipinski definition) is 0. The lowest BCUT2D eigenvalue weighted by atomic mass is 9.81. The molecule has 4 heteroatoms. The molecule has 2 aromatic heterocycles. The molecule has 56 heavy (non-hydrogen) atoms. The van der Waals surface area contributed by atoms with Crippen molar-refractivity contribution < 1.29 is 0 Å². The summed E-state index contributed by atoms with van der Waals surface area (Å²) in [6.07, 6.45) is 0. The number of thiophene rings is 1. The van der Waals surface area contributed by atoms with Gasteiger partial charge in [-0.3, -0.25) is 0 Å². The third kappa shape index (κ3) is 4.60. The fraction of sp³-hybridized carbons (Fsp3) is 0.0577. The third-order valence-electron chi connectivity index (χ3n) is 12.1. The summed E-state index contributed by atoms with van der Waals surface area (Å²) < 4.78 is 2.48. The summed E-state index contributed by atoms with van der Waals surface area (Å²) in [5, 5.41) is 12.2. The lowest BCUT2D eigenvalue weighted by molar-refractivity contribution is 0.661. The van der Waals surface area contributed by atoms with E-state index in [9.17, 15) is 0 Å². The number of benzene rings is 9. The highest BCUT2D eigenvalue weighted by Crippen LogP contribution is 2.50. The summed E-state index contributed by atoms with van der Waals surface area (Å²) in [6.45, 7) is 4.71. The Morgan fingerprint density at radius 2 is 1.00 bits per heavy atom. The maximum absolute atomic E-state index is 5.27. The maximum Gasteiger partial charge on any atom is 0.164 e. The van der Waals surface area contributed by atoms with Crippen molar-refractivity contribution in [1.82, 2.24) is 15.0 Å². The van der Waals surface area contributed by atoms with E-state index in [1.54, 1.807) is 0 Å². The Kier molecular flexibility index (Phi) is 6.56. The van der Waals surface area contributed by atoms with Gasteiger partial charge in [0.1, 0.15) is 0 Å². The molecule has 0 aliphatic heterocycles. The van der Waals surface area contributed by atoms with Gasteiger partial charge >= 0.3 is 0 Å². The lowest BCUT2D eigenvalue weighted by Crippen LogP contribution is -2.14. The van der Waals surface area contributed by atoms with Gasteiger partial charge in [-0.2, -0.15) is 0 Å². The smallest absolute Gasteiger partial charge is 0.164 e. The second-order valence-electron chi connectivity index (χ2n) is 15.6. The summed E-state index contributed by atoms with van der Waals surface area (Å²) in [6, 6.07) is 59.5. The van der Waals surface area contributed by atoms with Gasteiger partial charge in [-0.25, -0.2) is 15.0 Å². The zero-order valence-electron chi connectivity index (χ0n) is 30.8. The van der Waals surface area contributed by atoms with Crippen molar-refractivity contribution in [1.29, 1.82) is 0 Å². The quantitative estimate of drug-likeness (QED) is 0.170. The molecular weight excluding hydrogens is 699 g/mol. The number of rotatable bonds is 3. The van der Waals surface area contributed by atoms with Crippen molar-refractivity contribution in [3.63, 3.8) is 0 Å². The molecule has 0 bridgehead atoms. The van der Waals surface area contributed by atoms with Crippen molar-refractivity contribution in [2.45, 2.75) is 19.3 Å². The standard InChI is InChI=1S/C52H33N3S/c1-52(2)43-15-7-5-12-38(43)42-28-34-22-20-31-19-21-33-27-36(24-25-37(33)47(31)41(34)29-44(42)52)50-53-49(35-23-18-30-10-3-4-11-32(30)26-35)54-51(55-50)40-14-9-17-46-48(40)39-13-6-8-16-45(39)56-46/h3-29H,1-2H3. The van der Waals surface area contributed by atoms with E-state index >= 15 is 0 Å². The van der Waals surface area contributed by atoms with Gasteiger partial charge in [0.2, 0.25) is 0 Å². The van der Waals surface area contributed by atoms with Crippen LogP contribution >= 0.6 is 11.3 Å². The lowest BCUT2D eigenvalue weighted by Gasteiger charge is -2.22. The SMILES string of the molecule is CC1(C)c2ccccc2-c2cc3ccc4ccc5cc(-c6nc(-c7ccc8ccccc8c7)nc(-c7cccc8sc9ccccc9c78)n6)ccc5c4c3cc21. The molecule has 0 radical (unpaired) electrons. The molecule has 12 rings (SSSR count). The second-order valence-corrected chi connectivity index (χ2v) is 16.7. The average molecular weight is 732 g/mol. The van der Waals surface area contributed by atoms with Crippen molar-refractivity contribution in [2.24, 2.45) is 0 Å². The van der Waals surface area contributed by atoms with Gasteiger partial charge in [0.05, 0.1) is 0 Å². The Balaban J connectivity index is 1.07. The fourth-order valence-electron chi connectivity index (χ4n) is 9.27. The van der Waals surface area contributed by atoms with E-state index in [2.05, 4.69) is 178 Å². The van der Waals surface area contributed by atoms with Gasteiger partial charge < -0.3 is 0 Å². The van der Waals surface area contributed by atoms with E-state index in [4.69, 9.17) is 15.0 Å². The molecule has 262 valence electrons. The number of hydrogen-bond acceptors (Lipinski definition) is 4. The number of aromatic nitrogens is 3. The predicted molar refractivity (Wildman–Crippen MR) is 237 cm³/mol. The van der Waals surface area contributed by atoms with Crippen molar-refractivity contribution in [3.8, 4) is 45.3 Å². The topological polar surface area (TPSA) is 38.7 Å². The third-order valence-corrected chi connectivity index (χ3v) is 13.2. The first-order valence-corrected chi connectivity index (χ1v) is 20.0. The molecule has 9 aromatic carbocycles. The molecule has 1 aliphatic rings. The van der Waals surface area contributed by atoms with Crippen LogP contribution in [-0.4, -0.2) is 15.0 Å². The van der Waals surface area contributed by atoms with E-state index in [0.717, 1.165) is 27.5 Å². The molecule has 3 nitrogen and oxygen atoms in total. The summed E-state index contributed by atoms with van der Waals surface area (Å²) in [5.74, 6) is 2.00. The van der Waals surface area contributed by atoms with Crippen LogP contribution in [0.25, 0.3) is 109 Å². The van der Waals surface area contributed by atoms with Gasteiger partial charge in [0, 0.05) is 42.3 Å². The molecule has 0 saturated carbocycles. The number of fused-ring (bicyclic) bond motifs is 12. The van der Waals surface area contributed by atoms with Crippen LogP contribution in [-0.2, 0) is 5.41 Å². The largest absolute Gasteiger partial charge is 0.208 e. The molecule has 2 heterocycles. The first-order valence-electron chi connectivity index (χ1n) is 19.2. The molecule has 0 fully saturated rings. The average Bonchev–Trinajstić information content (AvgIpc) is 3.74. The van der Waals surface area contributed by atoms with Crippen LogP contribution in [0.2, 0.25) is 0 Å². The van der Waals surface area contributed by atoms with E-state index < -0.39 is 0 Å². The van der Waals surface area contributed by atoms with Gasteiger partial charge in [0.15, 0.2) is 17.5 Å². The second kappa shape index (κ2) is 11.6. The predicted octanol–water partition coefficient (Wildman–Crippen LogP) is 14.2. The van der Waals surface area contributed by atoms with Crippen LogP contribution in [0.5, 0.6) is 0 Å². The van der Waals surface area contributed by atoms with E-state index in [1.807, 2.05) is 11.3 Å². The molecule has 0 spiro atoms. The zero-order valence-corrected chi connectivity index (χ0v) is 31.7. The van der Waals surface area contributed by atoms with Crippen LogP contribution in [0.3, 0.4) is 0 Å². The van der Waals surface area contributed by atoms with Crippen molar-refractivity contribution >= 4 is 74.6 Å². The maximum atomic E-state index is 5.27. The minimum atomic E-state index is -0.0706. The van der Waals surface area contributed by atoms with Crippen LogP contribution in [0, 0.1) is 0 Å². The van der Waals surface area contributed by atoms with E-state index in [-0.39, 0.29) is 5.41 Å². The Hall–Kier alpha value is -6.75. The highest BCUT2D eigenvalue weighted by atomic mass is 32.1. The summed E-state index contributed by atoms with van der Waals surface area (Å²) in [7, 11) is 0. The fourth-order valence-corrected chi connectivity index (χ4v) is 10.4. The Bertz CT molecular complexity index is 3470. The van der Waals surface area contributed by atoms with Crippen molar-refractivity contribution in [3.05, 3.63) is 175 Å². The molecular formula is C52H33N3S. The Morgan fingerprint density at radius 1 is 0.375 bits per heavy atom. The molecule has 0 unspecified atom stereocenters. The Labute approximate surface area is 327 Å². The monoisotopic (exact) mass is 731 g/mol. The van der Waals surface area contributed by atoms with Crippen LogP contribution < -0.4 is 0 Å². The summed E-state index contributed by atoms with van der Waals surface area (Å²) >= 11 is 1.81. The van der Waals surface area contributed by atoms with E-state index in [0.29, 0.717) is 17.5 Å². The Morgan fingerprint density at radius 3 is 1.86 bits per heavy atom. The van der Waals surface area contributed by atoms with E-state index in [1.165, 1.54) is 74.7 Å². The van der Waals surface area contributed by atoms with Gasteiger partial charge in [-0.15, -0.1) is 11.3 Å². The van der Waals surface area contributed by atoms with Crippen LogP contribution in [0.4, 0.5) is 0 Å². The van der Waals surface area contributed by atoms with Gasteiger partial charge in [0.25, 0.3) is 0 Å². The highest BCUT2D eigenvalue weighted by molar-refractivity contribution is 7.25. The number of nitrogens with zero attached hydrogens (tertiary/aromatic N) is 3. The zero-order chi connectivity index (χ0) is 37.1. The normalized spacial score (nSPS) is 13.3. The minimum Gasteiger partial charge on any atom is -0.208 e. The molecule has 0 saturated heterocycles. The summed E-state index contributed by atoms with van der Waals surface area (Å²) in [4.78, 5) is 15.7. The minimum absolute atomic E-state index is 0.0706. The van der Waals surface area contributed by atoms with Gasteiger partial charge in [-0.05, 0) is 102 Å². The first kappa shape index (κ1) is 31.6. The molecule has 0 amide bonds. The van der Waals surface area contributed by atoms with Crippen LogP contribution in [0.15, 0.2) is 164 Å². The van der Waals surface area contributed by atoms with Gasteiger partial charge in [-0.1, -0.05) is 141 Å². The molecule has 0 N–H and O–H groups in total. The first-order chi connectivity index (χ1) is 27.5. The van der Waals surface area contributed by atoms with Crippen LogP contribution in [0.1, 0.15) is 25.0 Å². The highest BCUT2D eigenvalue weighted by Gasteiger charge is 2.35. The summed E-state index contributed by atoms with van der Waals surface area (Å²) in [5.41, 5.74) is 8.35. The van der Waals surface area contributed by atoms with Crippen molar-refractivity contribution in [2.75, 3.05) is 0 Å². The molecule has 0 atom stereocenters. The molecule has 1 aliphatic carbocycles. The molecule has 11 aromatic rings.